The van der Waals surface area contributed by atoms with Crippen molar-refractivity contribution in [3.05, 3.63) is 0 Å². The highest BCUT2D eigenvalue weighted by atomic mass is 127. The summed E-state index contributed by atoms with van der Waals surface area (Å²) in [7, 11) is 3.52. The number of carbonyl (C=O) groups is 1. The number of carbonyl (C=O) groups excluding carboxylic acids is 1. The number of nitrogens with zero attached hydrogens (tertiary/aromatic N) is 4. The van der Waals surface area contributed by atoms with E-state index in [4.69, 9.17) is 4.74 Å². The SMILES string of the molecule is CC(C)N1CCC(NC(=NCC(=O)N(C)C)NCCN2CCOCC2)CC1.I. The lowest BCUT2D eigenvalue weighted by Gasteiger charge is -2.35. The van der Waals surface area contributed by atoms with Crippen LogP contribution in [0.25, 0.3) is 0 Å². The molecule has 2 fully saturated rings. The number of morpholine rings is 1. The quantitative estimate of drug-likeness (QED) is 0.294. The second kappa shape index (κ2) is 13.6. The molecule has 0 aromatic heterocycles. The minimum Gasteiger partial charge on any atom is -0.379 e. The number of rotatable bonds is 7. The van der Waals surface area contributed by atoms with Gasteiger partial charge in [-0.1, -0.05) is 0 Å². The highest BCUT2D eigenvalue weighted by Gasteiger charge is 2.21. The molecule has 0 atom stereocenters. The third-order valence-electron chi connectivity index (χ3n) is 5.30. The van der Waals surface area contributed by atoms with Gasteiger partial charge in [0.15, 0.2) is 5.96 Å². The number of hydrogen-bond donors (Lipinski definition) is 2. The van der Waals surface area contributed by atoms with E-state index in [1.807, 2.05) is 0 Å². The van der Waals surface area contributed by atoms with Gasteiger partial charge < -0.3 is 25.2 Å². The summed E-state index contributed by atoms with van der Waals surface area (Å²) in [6, 6.07) is 1.01. The van der Waals surface area contributed by atoms with Crippen molar-refractivity contribution < 1.29 is 9.53 Å². The van der Waals surface area contributed by atoms with Gasteiger partial charge in [-0.25, -0.2) is 4.99 Å². The fourth-order valence-electron chi connectivity index (χ4n) is 3.35. The number of piperidine rings is 1. The van der Waals surface area contributed by atoms with E-state index >= 15 is 0 Å². The van der Waals surface area contributed by atoms with E-state index in [0.29, 0.717) is 12.1 Å². The Bertz CT molecular complexity index is 475. The molecular formula is C19H39IN6O2. The first-order valence-electron chi connectivity index (χ1n) is 10.2. The highest BCUT2D eigenvalue weighted by Crippen LogP contribution is 2.12. The molecule has 0 aliphatic carbocycles. The van der Waals surface area contributed by atoms with E-state index in [1.165, 1.54) is 0 Å². The van der Waals surface area contributed by atoms with Crippen molar-refractivity contribution in [2.45, 2.75) is 38.8 Å². The van der Waals surface area contributed by atoms with E-state index in [0.717, 1.165) is 71.3 Å². The molecule has 2 N–H and O–H groups in total. The average Bonchev–Trinajstić information content (AvgIpc) is 2.66. The molecule has 2 heterocycles. The van der Waals surface area contributed by atoms with Gasteiger partial charge in [0.1, 0.15) is 6.54 Å². The normalized spacial score (nSPS) is 20.0. The van der Waals surface area contributed by atoms with Crippen molar-refractivity contribution in [2.75, 3.05) is 73.1 Å². The van der Waals surface area contributed by atoms with Crippen LogP contribution in [-0.4, -0.2) is 112 Å². The minimum atomic E-state index is 0. The molecule has 8 nitrogen and oxygen atoms in total. The molecular weight excluding hydrogens is 471 g/mol. The van der Waals surface area contributed by atoms with Gasteiger partial charge in [0.2, 0.25) is 5.91 Å². The Morgan fingerprint density at radius 3 is 2.39 bits per heavy atom. The predicted octanol–water partition coefficient (Wildman–Crippen LogP) is 0.433. The van der Waals surface area contributed by atoms with Crippen LogP contribution < -0.4 is 10.6 Å². The van der Waals surface area contributed by atoms with Crippen molar-refractivity contribution in [3.8, 4) is 0 Å². The Hall–Kier alpha value is -0.650. The molecule has 2 saturated heterocycles. The standard InChI is InChI=1S/C19H38N6O2.HI/c1-16(2)25-8-5-17(6-9-25)22-19(21-15-18(26)23(3)4)20-7-10-24-11-13-27-14-12-24;/h16-17H,5-15H2,1-4H3,(H2,20,21,22);1H. The minimum absolute atomic E-state index is 0. The number of halogens is 1. The Labute approximate surface area is 187 Å². The largest absolute Gasteiger partial charge is 0.379 e. The van der Waals surface area contributed by atoms with Gasteiger partial charge in [0.25, 0.3) is 0 Å². The first kappa shape index (κ1) is 25.4. The maximum atomic E-state index is 11.9. The fourth-order valence-corrected chi connectivity index (χ4v) is 3.35. The number of likely N-dealkylation sites (N-methyl/N-ethyl adjacent to an activating group) is 1. The van der Waals surface area contributed by atoms with Crippen molar-refractivity contribution in [1.82, 2.24) is 25.3 Å². The smallest absolute Gasteiger partial charge is 0.243 e. The molecule has 2 aliphatic heterocycles. The summed E-state index contributed by atoms with van der Waals surface area (Å²) >= 11 is 0. The number of nitrogens with one attached hydrogen (secondary N) is 2. The van der Waals surface area contributed by atoms with Gasteiger partial charge in [0, 0.05) is 65.4 Å². The fraction of sp³-hybridized carbons (Fsp3) is 0.895. The van der Waals surface area contributed by atoms with E-state index < -0.39 is 0 Å². The average molecular weight is 510 g/mol. The topological polar surface area (TPSA) is 72.4 Å². The molecule has 0 spiro atoms. The lowest BCUT2D eigenvalue weighted by molar-refractivity contribution is -0.127. The van der Waals surface area contributed by atoms with Crippen molar-refractivity contribution >= 4 is 35.8 Å². The zero-order chi connectivity index (χ0) is 19.6. The third-order valence-corrected chi connectivity index (χ3v) is 5.30. The van der Waals surface area contributed by atoms with Crippen LogP contribution in [0.4, 0.5) is 0 Å². The second-order valence-corrected chi connectivity index (χ2v) is 7.88. The Balaban J connectivity index is 0.00000392. The summed E-state index contributed by atoms with van der Waals surface area (Å²) in [6.45, 7) is 12.2. The second-order valence-electron chi connectivity index (χ2n) is 7.88. The molecule has 9 heteroatoms. The number of amides is 1. The van der Waals surface area contributed by atoms with Gasteiger partial charge >= 0.3 is 0 Å². The zero-order valence-electron chi connectivity index (χ0n) is 17.9. The number of ether oxygens (including phenoxy) is 1. The number of guanidine groups is 1. The summed E-state index contributed by atoms with van der Waals surface area (Å²) in [5.74, 6) is 0.764. The zero-order valence-corrected chi connectivity index (χ0v) is 20.3. The van der Waals surface area contributed by atoms with E-state index in [-0.39, 0.29) is 36.4 Å². The van der Waals surface area contributed by atoms with Crippen LogP contribution in [0.1, 0.15) is 26.7 Å². The first-order chi connectivity index (χ1) is 13.0. The highest BCUT2D eigenvalue weighted by molar-refractivity contribution is 14.0. The molecule has 0 saturated carbocycles. The molecule has 0 aromatic carbocycles. The lowest BCUT2D eigenvalue weighted by atomic mass is 10.0. The molecule has 164 valence electrons. The third kappa shape index (κ3) is 9.23. The van der Waals surface area contributed by atoms with Crippen molar-refractivity contribution in [1.29, 1.82) is 0 Å². The maximum absolute atomic E-state index is 11.9. The summed E-state index contributed by atoms with van der Waals surface area (Å²) in [5.41, 5.74) is 0. The Morgan fingerprint density at radius 1 is 1.18 bits per heavy atom. The summed E-state index contributed by atoms with van der Waals surface area (Å²) in [5, 5.41) is 6.96. The van der Waals surface area contributed by atoms with Gasteiger partial charge in [-0.05, 0) is 26.7 Å². The number of hydrogen-bond acceptors (Lipinski definition) is 5. The van der Waals surface area contributed by atoms with Crippen LogP contribution in [0, 0.1) is 0 Å². The Morgan fingerprint density at radius 2 is 1.82 bits per heavy atom. The van der Waals surface area contributed by atoms with Crippen molar-refractivity contribution in [3.63, 3.8) is 0 Å². The lowest BCUT2D eigenvalue weighted by Crippen LogP contribution is -2.51. The van der Waals surface area contributed by atoms with E-state index in [2.05, 4.69) is 39.3 Å². The van der Waals surface area contributed by atoms with Crippen LogP contribution >= 0.6 is 24.0 Å². The molecule has 2 aliphatic rings. The van der Waals surface area contributed by atoms with Crippen LogP contribution in [-0.2, 0) is 9.53 Å². The molecule has 0 radical (unpaired) electrons. The predicted molar refractivity (Wildman–Crippen MR) is 125 cm³/mol. The molecule has 0 aromatic rings. The van der Waals surface area contributed by atoms with Gasteiger partial charge in [-0.2, -0.15) is 0 Å². The molecule has 28 heavy (non-hydrogen) atoms. The van der Waals surface area contributed by atoms with E-state index in [9.17, 15) is 4.79 Å². The van der Waals surface area contributed by atoms with Gasteiger partial charge in [-0.3, -0.25) is 9.69 Å². The van der Waals surface area contributed by atoms with Crippen LogP contribution in [0.5, 0.6) is 0 Å². The number of aliphatic imine (C=N–C) groups is 1. The number of likely N-dealkylation sites (tertiary alicyclic amines) is 1. The summed E-state index contributed by atoms with van der Waals surface area (Å²) in [6.07, 6.45) is 2.20. The van der Waals surface area contributed by atoms with Gasteiger partial charge in [-0.15, -0.1) is 24.0 Å². The van der Waals surface area contributed by atoms with E-state index in [1.54, 1.807) is 19.0 Å². The molecule has 0 unspecified atom stereocenters. The van der Waals surface area contributed by atoms with Crippen LogP contribution in [0.15, 0.2) is 4.99 Å². The van der Waals surface area contributed by atoms with Crippen LogP contribution in [0.2, 0.25) is 0 Å². The summed E-state index contributed by atoms with van der Waals surface area (Å²) in [4.78, 5) is 22.9. The van der Waals surface area contributed by atoms with Crippen LogP contribution in [0.3, 0.4) is 0 Å². The summed E-state index contributed by atoms with van der Waals surface area (Å²) < 4.78 is 5.40. The maximum Gasteiger partial charge on any atom is 0.243 e. The molecule has 1 amide bonds. The Kier molecular flexibility index (Phi) is 12.3. The van der Waals surface area contributed by atoms with Crippen molar-refractivity contribution in [2.24, 2.45) is 4.99 Å². The molecule has 2 rings (SSSR count). The molecule has 0 bridgehead atoms. The first-order valence-corrected chi connectivity index (χ1v) is 10.2. The van der Waals surface area contributed by atoms with Gasteiger partial charge in [0.05, 0.1) is 13.2 Å². The monoisotopic (exact) mass is 510 g/mol.